The van der Waals surface area contributed by atoms with Crippen LogP contribution < -0.4 is 5.32 Å². The Kier molecular flexibility index (Phi) is 6.15. The summed E-state index contributed by atoms with van der Waals surface area (Å²) in [4.78, 5) is 24.0. The van der Waals surface area contributed by atoms with Gasteiger partial charge in [0.2, 0.25) is 0 Å². The molecule has 0 spiro atoms. The number of nitrogens with one attached hydrogen (secondary N) is 1. The minimum Gasteiger partial charge on any atom is -0.370 e. The highest BCUT2D eigenvalue weighted by atomic mass is 16.2. The molecule has 0 atom stereocenters. The normalized spacial score (nSPS) is 13.4. The molecule has 1 aromatic heterocycles. The zero-order valence-electron chi connectivity index (χ0n) is 16.6. The lowest BCUT2D eigenvalue weighted by Crippen LogP contribution is -2.28. The van der Waals surface area contributed by atoms with Gasteiger partial charge in [0.05, 0.1) is 0 Å². The van der Waals surface area contributed by atoms with Crippen molar-refractivity contribution in [1.82, 2.24) is 14.9 Å². The highest BCUT2D eigenvalue weighted by Gasteiger charge is 2.22. The van der Waals surface area contributed by atoms with E-state index in [1.54, 1.807) is 6.07 Å². The van der Waals surface area contributed by atoms with Crippen LogP contribution in [0, 0.1) is 0 Å². The molecule has 3 aromatic rings. The first kappa shape index (κ1) is 19.1. The second-order valence-corrected chi connectivity index (χ2v) is 7.34. The van der Waals surface area contributed by atoms with E-state index in [-0.39, 0.29) is 5.91 Å². The SMILES string of the molecule is O=C(c1cc(NCCCc2ccccc2)nc(-c2ccccc2)n1)N1CCCC1. The molecular weight excluding hydrogens is 360 g/mol. The monoisotopic (exact) mass is 386 g/mol. The summed E-state index contributed by atoms with van der Waals surface area (Å²) < 4.78 is 0. The van der Waals surface area contributed by atoms with Gasteiger partial charge in [-0.3, -0.25) is 4.79 Å². The lowest BCUT2D eigenvalue weighted by Gasteiger charge is -2.16. The Labute approximate surface area is 171 Å². The average Bonchev–Trinajstić information content (AvgIpc) is 3.32. The molecule has 1 N–H and O–H groups in total. The number of hydrogen-bond donors (Lipinski definition) is 1. The number of carbonyl (C=O) groups excluding carboxylic acids is 1. The van der Waals surface area contributed by atoms with Crippen molar-refractivity contribution >= 4 is 11.7 Å². The van der Waals surface area contributed by atoms with Crippen molar-refractivity contribution in [3.63, 3.8) is 0 Å². The van der Waals surface area contributed by atoms with E-state index >= 15 is 0 Å². The fourth-order valence-corrected chi connectivity index (χ4v) is 3.60. The number of rotatable bonds is 7. The van der Waals surface area contributed by atoms with Gasteiger partial charge in [0.25, 0.3) is 5.91 Å². The number of aryl methyl sites for hydroxylation is 1. The van der Waals surface area contributed by atoms with Gasteiger partial charge >= 0.3 is 0 Å². The molecule has 1 aliphatic rings. The van der Waals surface area contributed by atoms with Gasteiger partial charge in [-0.1, -0.05) is 60.7 Å². The Morgan fingerprint density at radius 3 is 2.34 bits per heavy atom. The van der Waals surface area contributed by atoms with E-state index in [1.165, 1.54) is 5.56 Å². The molecule has 1 aliphatic heterocycles. The molecule has 148 valence electrons. The predicted octanol–water partition coefficient (Wildman–Crippen LogP) is 4.42. The molecule has 0 radical (unpaired) electrons. The Hall–Kier alpha value is -3.21. The average molecular weight is 386 g/mol. The van der Waals surface area contributed by atoms with Crippen molar-refractivity contribution in [1.29, 1.82) is 0 Å². The Balaban J connectivity index is 1.50. The minimum atomic E-state index is -0.00517. The largest absolute Gasteiger partial charge is 0.370 e. The summed E-state index contributed by atoms with van der Waals surface area (Å²) >= 11 is 0. The van der Waals surface area contributed by atoms with Crippen molar-refractivity contribution in [2.45, 2.75) is 25.7 Å². The Morgan fingerprint density at radius 1 is 0.931 bits per heavy atom. The quantitative estimate of drug-likeness (QED) is 0.611. The zero-order chi connectivity index (χ0) is 19.9. The molecule has 5 nitrogen and oxygen atoms in total. The number of carbonyl (C=O) groups is 1. The first-order chi connectivity index (χ1) is 14.3. The molecule has 1 saturated heterocycles. The van der Waals surface area contributed by atoms with Crippen LogP contribution in [0.2, 0.25) is 0 Å². The van der Waals surface area contributed by atoms with Gasteiger partial charge < -0.3 is 10.2 Å². The second-order valence-electron chi connectivity index (χ2n) is 7.34. The van der Waals surface area contributed by atoms with E-state index in [4.69, 9.17) is 0 Å². The van der Waals surface area contributed by atoms with Crippen LogP contribution in [-0.4, -0.2) is 40.4 Å². The maximum atomic E-state index is 12.9. The lowest BCUT2D eigenvalue weighted by atomic mass is 10.1. The molecule has 0 unspecified atom stereocenters. The van der Waals surface area contributed by atoms with Crippen molar-refractivity contribution in [2.75, 3.05) is 25.0 Å². The van der Waals surface area contributed by atoms with Crippen molar-refractivity contribution < 1.29 is 4.79 Å². The van der Waals surface area contributed by atoms with Crippen LogP contribution in [0.5, 0.6) is 0 Å². The van der Waals surface area contributed by atoms with Crippen molar-refractivity contribution in [3.05, 3.63) is 78.0 Å². The van der Waals surface area contributed by atoms with Gasteiger partial charge in [-0.2, -0.15) is 0 Å². The molecule has 0 saturated carbocycles. The van der Waals surface area contributed by atoms with E-state index < -0.39 is 0 Å². The molecule has 1 fully saturated rings. The number of amides is 1. The maximum absolute atomic E-state index is 12.9. The van der Waals surface area contributed by atoms with E-state index in [1.807, 2.05) is 41.3 Å². The molecular formula is C24H26N4O. The highest BCUT2D eigenvalue weighted by Crippen LogP contribution is 2.20. The summed E-state index contributed by atoms with van der Waals surface area (Å²) in [5.74, 6) is 1.28. The van der Waals surface area contributed by atoms with Crippen LogP contribution in [-0.2, 0) is 6.42 Å². The third-order valence-electron chi connectivity index (χ3n) is 5.16. The molecule has 29 heavy (non-hydrogen) atoms. The predicted molar refractivity (Wildman–Crippen MR) is 116 cm³/mol. The van der Waals surface area contributed by atoms with E-state index in [0.29, 0.717) is 17.3 Å². The van der Waals surface area contributed by atoms with Gasteiger partial charge in [-0.15, -0.1) is 0 Å². The number of benzene rings is 2. The summed E-state index contributed by atoms with van der Waals surface area (Å²) in [6.07, 6.45) is 4.12. The smallest absolute Gasteiger partial charge is 0.272 e. The van der Waals surface area contributed by atoms with E-state index in [9.17, 15) is 4.79 Å². The van der Waals surface area contributed by atoms with Crippen LogP contribution in [0.15, 0.2) is 66.7 Å². The molecule has 2 aromatic carbocycles. The van der Waals surface area contributed by atoms with E-state index in [2.05, 4.69) is 39.6 Å². The van der Waals surface area contributed by atoms with Crippen LogP contribution in [0.1, 0.15) is 35.3 Å². The number of aromatic nitrogens is 2. The fraction of sp³-hybridized carbons (Fsp3) is 0.292. The first-order valence-electron chi connectivity index (χ1n) is 10.3. The maximum Gasteiger partial charge on any atom is 0.272 e. The Morgan fingerprint density at radius 2 is 1.62 bits per heavy atom. The van der Waals surface area contributed by atoms with Gasteiger partial charge in [0, 0.05) is 31.3 Å². The number of anilines is 1. The van der Waals surface area contributed by atoms with Crippen LogP contribution >= 0.6 is 0 Å². The molecule has 0 bridgehead atoms. The Bertz CT molecular complexity index is 938. The van der Waals surface area contributed by atoms with Crippen molar-refractivity contribution in [3.8, 4) is 11.4 Å². The third kappa shape index (κ3) is 4.99. The second kappa shape index (κ2) is 9.32. The molecule has 5 heteroatoms. The van der Waals surface area contributed by atoms with Gasteiger partial charge in [-0.25, -0.2) is 9.97 Å². The topological polar surface area (TPSA) is 58.1 Å². The molecule has 4 rings (SSSR count). The van der Waals surface area contributed by atoms with Gasteiger partial charge in [0.15, 0.2) is 5.82 Å². The molecule has 1 amide bonds. The van der Waals surface area contributed by atoms with Crippen LogP contribution in [0.25, 0.3) is 11.4 Å². The highest BCUT2D eigenvalue weighted by molar-refractivity contribution is 5.93. The summed E-state index contributed by atoms with van der Waals surface area (Å²) in [5.41, 5.74) is 2.70. The fourth-order valence-electron chi connectivity index (χ4n) is 3.60. The first-order valence-corrected chi connectivity index (χ1v) is 10.3. The summed E-state index contributed by atoms with van der Waals surface area (Å²) in [6, 6.07) is 22.1. The summed E-state index contributed by atoms with van der Waals surface area (Å²) in [7, 11) is 0. The molecule has 2 heterocycles. The number of nitrogens with zero attached hydrogens (tertiary/aromatic N) is 3. The van der Waals surface area contributed by atoms with E-state index in [0.717, 1.165) is 50.9 Å². The van der Waals surface area contributed by atoms with Crippen molar-refractivity contribution in [2.24, 2.45) is 0 Å². The van der Waals surface area contributed by atoms with Gasteiger partial charge in [-0.05, 0) is 31.2 Å². The summed E-state index contributed by atoms with van der Waals surface area (Å²) in [6.45, 7) is 2.41. The standard InChI is InChI=1S/C24H26N4O/c29-24(28-16-7-8-17-28)21-18-22(25-15-9-12-19-10-3-1-4-11-19)27-23(26-21)20-13-5-2-6-14-20/h1-6,10-11,13-14,18H,7-9,12,15-17H2,(H,25,26,27). The third-order valence-corrected chi connectivity index (χ3v) is 5.16. The molecule has 0 aliphatic carbocycles. The number of hydrogen-bond acceptors (Lipinski definition) is 4. The summed E-state index contributed by atoms with van der Waals surface area (Å²) in [5, 5.41) is 3.39. The number of likely N-dealkylation sites (tertiary alicyclic amines) is 1. The lowest BCUT2D eigenvalue weighted by molar-refractivity contribution is 0.0787. The minimum absolute atomic E-state index is 0.00517. The van der Waals surface area contributed by atoms with Crippen LogP contribution in [0.4, 0.5) is 5.82 Å². The zero-order valence-corrected chi connectivity index (χ0v) is 16.6. The van der Waals surface area contributed by atoms with Gasteiger partial charge in [0.1, 0.15) is 11.5 Å². The van der Waals surface area contributed by atoms with Crippen LogP contribution in [0.3, 0.4) is 0 Å².